The Kier molecular flexibility index (Phi) is 4.01. The van der Waals surface area contributed by atoms with Crippen LogP contribution < -0.4 is 10.3 Å². The van der Waals surface area contributed by atoms with Crippen molar-refractivity contribution in [1.82, 2.24) is 4.98 Å². The molecule has 2 N–H and O–H groups in total. The van der Waals surface area contributed by atoms with Crippen LogP contribution in [0.15, 0.2) is 10.9 Å². The van der Waals surface area contributed by atoms with Gasteiger partial charge in [0.15, 0.2) is 0 Å². The summed E-state index contributed by atoms with van der Waals surface area (Å²) in [4.78, 5) is 22.7. The van der Waals surface area contributed by atoms with Crippen LogP contribution in [0.25, 0.3) is 0 Å². The molecular formula is C9H5F6NO4. The highest BCUT2D eigenvalue weighted by molar-refractivity contribution is 5.71. The zero-order valence-corrected chi connectivity index (χ0v) is 9.22. The van der Waals surface area contributed by atoms with Crippen molar-refractivity contribution in [1.29, 1.82) is 0 Å². The Labute approximate surface area is 105 Å². The van der Waals surface area contributed by atoms with Crippen LogP contribution in [0.3, 0.4) is 0 Å². The number of halogens is 6. The average Bonchev–Trinajstić information content (AvgIpc) is 2.16. The summed E-state index contributed by atoms with van der Waals surface area (Å²) in [5, 5.41) is 8.44. The van der Waals surface area contributed by atoms with E-state index in [1.807, 2.05) is 0 Å². The van der Waals surface area contributed by atoms with Crippen molar-refractivity contribution in [2.45, 2.75) is 19.0 Å². The molecule has 0 aromatic carbocycles. The lowest BCUT2D eigenvalue weighted by Crippen LogP contribution is -2.26. The number of H-pyrrole nitrogens is 1. The molecule has 0 aliphatic carbocycles. The summed E-state index contributed by atoms with van der Waals surface area (Å²) in [5.74, 6) is -3.09. The van der Waals surface area contributed by atoms with Crippen molar-refractivity contribution in [3.05, 3.63) is 27.5 Å². The summed E-state index contributed by atoms with van der Waals surface area (Å²) in [6.45, 7) is 0. The topological polar surface area (TPSA) is 79.4 Å². The quantitative estimate of drug-likeness (QED) is 0.836. The molecule has 0 bridgehead atoms. The minimum atomic E-state index is -5.30. The van der Waals surface area contributed by atoms with Crippen LogP contribution in [0.2, 0.25) is 0 Å². The van der Waals surface area contributed by atoms with Gasteiger partial charge in [0.1, 0.15) is 5.56 Å². The van der Waals surface area contributed by atoms with E-state index in [2.05, 4.69) is 4.74 Å². The third kappa shape index (κ3) is 4.17. The molecule has 1 rings (SSSR count). The van der Waals surface area contributed by atoms with Gasteiger partial charge in [-0.2, -0.15) is 13.2 Å². The van der Waals surface area contributed by atoms with E-state index in [1.165, 1.54) is 4.98 Å². The van der Waals surface area contributed by atoms with Gasteiger partial charge in [0, 0.05) is 5.56 Å². The summed E-state index contributed by atoms with van der Waals surface area (Å²) >= 11 is 0. The first-order valence-electron chi connectivity index (χ1n) is 4.71. The molecule has 0 saturated carbocycles. The van der Waals surface area contributed by atoms with Gasteiger partial charge in [0.25, 0.3) is 5.56 Å². The minimum Gasteiger partial charge on any atom is -0.481 e. The summed E-state index contributed by atoms with van der Waals surface area (Å²) in [7, 11) is 0. The van der Waals surface area contributed by atoms with Crippen LogP contribution in [0, 0.1) is 0 Å². The fourth-order valence-corrected chi connectivity index (χ4v) is 1.27. The second kappa shape index (κ2) is 5.06. The number of hydrogen-bond acceptors (Lipinski definition) is 3. The number of aromatic nitrogens is 1. The molecule has 112 valence electrons. The van der Waals surface area contributed by atoms with Gasteiger partial charge in [0.05, 0.1) is 6.42 Å². The van der Waals surface area contributed by atoms with Crippen LogP contribution in [-0.2, 0) is 17.4 Å². The molecule has 20 heavy (non-hydrogen) atoms. The highest BCUT2D eigenvalue weighted by Gasteiger charge is 2.37. The van der Waals surface area contributed by atoms with Gasteiger partial charge < -0.3 is 9.84 Å². The number of aliphatic carboxylic acids is 1. The maximum atomic E-state index is 12.4. The molecular weight excluding hydrogens is 300 g/mol. The van der Waals surface area contributed by atoms with Crippen LogP contribution >= 0.6 is 0 Å². The van der Waals surface area contributed by atoms with E-state index in [4.69, 9.17) is 5.11 Å². The smallest absolute Gasteiger partial charge is 0.481 e. The predicted octanol–water partition coefficient (Wildman–Crippen LogP) is 1.92. The first-order chi connectivity index (χ1) is 8.90. The number of rotatable bonds is 3. The average molecular weight is 305 g/mol. The van der Waals surface area contributed by atoms with Crippen LogP contribution in [0.1, 0.15) is 11.1 Å². The number of nitrogens with one attached hydrogen (secondary N) is 1. The maximum Gasteiger partial charge on any atom is 0.574 e. The van der Waals surface area contributed by atoms with Crippen molar-refractivity contribution in [3.8, 4) is 5.88 Å². The van der Waals surface area contributed by atoms with Gasteiger partial charge in [-0.05, 0) is 6.07 Å². The normalized spacial score (nSPS) is 12.3. The lowest BCUT2D eigenvalue weighted by atomic mass is 10.1. The molecule has 1 aromatic rings. The lowest BCUT2D eigenvalue weighted by molar-refractivity contribution is -0.276. The van der Waals surface area contributed by atoms with Crippen molar-refractivity contribution in [2.75, 3.05) is 0 Å². The second-order valence-electron chi connectivity index (χ2n) is 3.48. The predicted molar refractivity (Wildman–Crippen MR) is 50.1 cm³/mol. The molecule has 0 spiro atoms. The first kappa shape index (κ1) is 15.9. The summed E-state index contributed by atoms with van der Waals surface area (Å²) in [5.41, 5.74) is -4.64. The lowest BCUT2D eigenvalue weighted by Gasteiger charge is -2.14. The molecule has 1 heterocycles. The van der Waals surface area contributed by atoms with Crippen molar-refractivity contribution in [2.24, 2.45) is 0 Å². The van der Waals surface area contributed by atoms with E-state index in [0.717, 1.165) is 0 Å². The minimum absolute atomic E-state index is 0.00796. The van der Waals surface area contributed by atoms with Crippen molar-refractivity contribution >= 4 is 5.97 Å². The number of carboxylic acid groups (broad SMARTS) is 1. The zero-order valence-electron chi connectivity index (χ0n) is 9.22. The van der Waals surface area contributed by atoms with Crippen LogP contribution in [0.4, 0.5) is 26.3 Å². The summed E-state index contributed by atoms with van der Waals surface area (Å²) in [6, 6.07) is 0.00796. The molecule has 0 radical (unpaired) electrons. The van der Waals surface area contributed by atoms with E-state index < -0.39 is 47.5 Å². The number of pyridine rings is 1. The van der Waals surface area contributed by atoms with Gasteiger partial charge in [-0.15, -0.1) is 13.2 Å². The fraction of sp³-hybridized carbons (Fsp3) is 0.333. The molecule has 1 aromatic heterocycles. The molecule has 0 unspecified atom stereocenters. The Hall–Kier alpha value is -2.20. The van der Waals surface area contributed by atoms with Crippen LogP contribution in [0.5, 0.6) is 5.88 Å². The Morgan fingerprint density at radius 2 is 1.80 bits per heavy atom. The summed E-state index contributed by atoms with van der Waals surface area (Å²) < 4.78 is 76.5. The maximum absolute atomic E-state index is 12.4. The third-order valence-corrected chi connectivity index (χ3v) is 1.95. The standard InChI is InChI=1S/C9H5F6NO4/c10-8(11,12)4-1-3(2-5(17)18)7(16-6(4)19)20-9(13,14)15/h1H,2H2,(H,16,19)(H,17,18). The molecule has 0 aliphatic heterocycles. The van der Waals surface area contributed by atoms with E-state index in [0.29, 0.717) is 0 Å². The van der Waals surface area contributed by atoms with E-state index in [-0.39, 0.29) is 6.07 Å². The molecule has 5 nitrogen and oxygen atoms in total. The SMILES string of the molecule is O=C(O)Cc1cc(C(F)(F)F)c(=O)[nH]c1OC(F)(F)F. The van der Waals surface area contributed by atoms with Gasteiger partial charge in [-0.1, -0.05) is 0 Å². The van der Waals surface area contributed by atoms with E-state index >= 15 is 0 Å². The van der Waals surface area contributed by atoms with E-state index in [9.17, 15) is 35.9 Å². The number of ether oxygens (including phenoxy) is 1. The molecule has 0 saturated heterocycles. The molecule has 0 aliphatic rings. The molecule has 0 fully saturated rings. The Morgan fingerprint density at radius 3 is 2.20 bits per heavy atom. The van der Waals surface area contributed by atoms with Crippen LogP contribution in [-0.4, -0.2) is 22.4 Å². The molecule has 0 amide bonds. The number of hydrogen-bond donors (Lipinski definition) is 2. The van der Waals surface area contributed by atoms with E-state index in [1.54, 1.807) is 0 Å². The fourth-order valence-electron chi connectivity index (χ4n) is 1.27. The highest BCUT2D eigenvalue weighted by atomic mass is 19.4. The number of carboxylic acids is 1. The van der Waals surface area contributed by atoms with Gasteiger partial charge in [-0.25, -0.2) is 0 Å². The highest BCUT2D eigenvalue weighted by Crippen LogP contribution is 2.30. The third-order valence-electron chi connectivity index (χ3n) is 1.95. The number of alkyl halides is 6. The van der Waals surface area contributed by atoms with Crippen molar-refractivity contribution in [3.63, 3.8) is 0 Å². The number of carbonyl (C=O) groups is 1. The largest absolute Gasteiger partial charge is 0.574 e. The van der Waals surface area contributed by atoms with Crippen molar-refractivity contribution < 1.29 is 41.0 Å². The zero-order chi connectivity index (χ0) is 15.7. The molecule has 11 heteroatoms. The van der Waals surface area contributed by atoms with Gasteiger partial charge in [-0.3, -0.25) is 14.6 Å². The van der Waals surface area contributed by atoms with Gasteiger partial charge in [0.2, 0.25) is 5.88 Å². The Balaban J connectivity index is 3.41. The Bertz CT molecular complexity index is 573. The first-order valence-corrected chi connectivity index (χ1v) is 4.71. The Morgan fingerprint density at radius 1 is 1.25 bits per heavy atom. The second-order valence-corrected chi connectivity index (χ2v) is 3.48. The molecule has 0 atom stereocenters. The number of aromatic amines is 1. The van der Waals surface area contributed by atoms with Gasteiger partial charge >= 0.3 is 18.5 Å². The monoisotopic (exact) mass is 305 g/mol. The summed E-state index contributed by atoms with van der Waals surface area (Å²) in [6.07, 6.45) is -11.6.